The lowest BCUT2D eigenvalue weighted by Crippen LogP contribution is -2.29. The molecule has 0 aliphatic heterocycles. The fraction of sp³-hybridized carbons (Fsp3) is 0.316. The summed E-state index contributed by atoms with van der Waals surface area (Å²) in [6, 6.07) is 7.96. The standard InChI is InChI=1S/C19H23N3OS/c1-6-14-8-7-9-15-18(23-5)10-17(22-19(14)15)16(20)11-24-13(4)21-12(2)3/h1,7-13,21H,20H2,2-5H3/b16-11-. The number of hydrogen-bond donors (Lipinski definition) is 2. The molecule has 2 aromatic rings. The van der Waals surface area contributed by atoms with E-state index in [9.17, 15) is 0 Å². The highest BCUT2D eigenvalue weighted by Crippen LogP contribution is 2.29. The van der Waals surface area contributed by atoms with E-state index in [0.29, 0.717) is 23.2 Å². The monoisotopic (exact) mass is 341 g/mol. The van der Waals surface area contributed by atoms with Crippen molar-refractivity contribution in [3.8, 4) is 18.1 Å². The van der Waals surface area contributed by atoms with E-state index in [-0.39, 0.29) is 5.37 Å². The number of hydrogen-bond acceptors (Lipinski definition) is 5. The number of terminal acetylenes is 1. The van der Waals surface area contributed by atoms with Crippen molar-refractivity contribution in [2.24, 2.45) is 5.73 Å². The Morgan fingerprint density at radius 2 is 2.17 bits per heavy atom. The molecule has 0 saturated carbocycles. The van der Waals surface area contributed by atoms with Gasteiger partial charge in [0.25, 0.3) is 0 Å². The molecule has 0 aliphatic rings. The van der Waals surface area contributed by atoms with Crippen molar-refractivity contribution in [2.75, 3.05) is 7.11 Å². The number of thioether (sulfide) groups is 1. The van der Waals surface area contributed by atoms with Crippen molar-refractivity contribution in [1.82, 2.24) is 10.3 Å². The number of nitrogens with one attached hydrogen (secondary N) is 1. The quantitative estimate of drug-likeness (QED) is 0.621. The van der Waals surface area contributed by atoms with Crippen LogP contribution in [0.3, 0.4) is 0 Å². The van der Waals surface area contributed by atoms with Crippen LogP contribution in [-0.2, 0) is 0 Å². The molecular formula is C19H23N3OS. The van der Waals surface area contributed by atoms with Crippen LogP contribution in [0.2, 0.25) is 0 Å². The number of pyridine rings is 1. The summed E-state index contributed by atoms with van der Waals surface area (Å²) < 4.78 is 5.49. The van der Waals surface area contributed by atoms with Crippen molar-refractivity contribution >= 4 is 28.4 Å². The van der Waals surface area contributed by atoms with Gasteiger partial charge < -0.3 is 15.8 Å². The van der Waals surface area contributed by atoms with Gasteiger partial charge in [-0.2, -0.15) is 0 Å². The minimum absolute atomic E-state index is 0.257. The molecule has 126 valence electrons. The fourth-order valence-corrected chi connectivity index (χ4v) is 3.22. The Morgan fingerprint density at radius 1 is 1.42 bits per heavy atom. The van der Waals surface area contributed by atoms with Crippen LogP contribution in [0.15, 0.2) is 29.7 Å². The van der Waals surface area contributed by atoms with Crippen molar-refractivity contribution in [1.29, 1.82) is 0 Å². The molecule has 5 heteroatoms. The average molecular weight is 341 g/mol. The van der Waals surface area contributed by atoms with E-state index in [2.05, 4.69) is 37.0 Å². The zero-order valence-electron chi connectivity index (χ0n) is 14.5. The molecule has 2 rings (SSSR count). The molecule has 1 atom stereocenters. The summed E-state index contributed by atoms with van der Waals surface area (Å²) in [5, 5.41) is 6.46. The summed E-state index contributed by atoms with van der Waals surface area (Å²) in [5.41, 5.74) is 8.92. The number of nitrogens with two attached hydrogens (primary N) is 1. The molecule has 0 bridgehead atoms. The highest BCUT2D eigenvalue weighted by atomic mass is 32.2. The smallest absolute Gasteiger partial charge is 0.130 e. The Hall–Kier alpha value is -2.16. The van der Waals surface area contributed by atoms with Gasteiger partial charge in [-0.1, -0.05) is 12.0 Å². The summed E-state index contributed by atoms with van der Waals surface area (Å²) in [6.07, 6.45) is 5.59. The lowest BCUT2D eigenvalue weighted by Gasteiger charge is -2.15. The zero-order chi connectivity index (χ0) is 17.7. The van der Waals surface area contributed by atoms with Crippen LogP contribution in [-0.4, -0.2) is 23.5 Å². The van der Waals surface area contributed by atoms with Gasteiger partial charge in [-0.15, -0.1) is 18.2 Å². The number of methoxy groups -OCH3 is 1. The van der Waals surface area contributed by atoms with Crippen LogP contribution in [0.5, 0.6) is 5.75 Å². The number of nitrogens with zero attached hydrogens (tertiary/aromatic N) is 1. The van der Waals surface area contributed by atoms with E-state index in [4.69, 9.17) is 16.9 Å². The van der Waals surface area contributed by atoms with Gasteiger partial charge in [0.15, 0.2) is 0 Å². The van der Waals surface area contributed by atoms with Gasteiger partial charge in [0.05, 0.1) is 35.0 Å². The molecule has 1 aromatic heterocycles. The minimum atomic E-state index is 0.257. The molecule has 0 saturated heterocycles. The third-order valence-corrected chi connectivity index (χ3v) is 4.37. The van der Waals surface area contributed by atoms with Crippen LogP contribution in [0.1, 0.15) is 32.0 Å². The third-order valence-electron chi connectivity index (χ3n) is 3.44. The summed E-state index contributed by atoms with van der Waals surface area (Å²) in [6.45, 7) is 6.32. The SMILES string of the molecule is C#Cc1cccc2c(OC)cc(/C(N)=C/SC(C)NC(C)C)nc12. The first-order valence-electron chi connectivity index (χ1n) is 7.78. The van der Waals surface area contributed by atoms with Gasteiger partial charge in [0.1, 0.15) is 5.75 Å². The maximum absolute atomic E-state index is 6.22. The van der Waals surface area contributed by atoms with Crippen LogP contribution in [0, 0.1) is 12.3 Å². The van der Waals surface area contributed by atoms with E-state index in [1.807, 2.05) is 29.7 Å². The first kappa shape index (κ1) is 18.2. The van der Waals surface area contributed by atoms with Gasteiger partial charge in [-0.25, -0.2) is 4.98 Å². The first-order chi connectivity index (χ1) is 11.5. The maximum atomic E-state index is 6.22. The molecule has 4 nitrogen and oxygen atoms in total. The molecule has 1 aromatic carbocycles. The molecule has 0 spiro atoms. The van der Waals surface area contributed by atoms with Crippen LogP contribution in [0.4, 0.5) is 0 Å². The fourth-order valence-electron chi connectivity index (χ4n) is 2.40. The second kappa shape index (κ2) is 8.09. The number of rotatable bonds is 6. The third kappa shape index (κ3) is 4.22. The van der Waals surface area contributed by atoms with Gasteiger partial charge >= 0.3 is 0 Å². The van der Waals surface area contributed by atoms with Crippen molar-refractivity contribution in [3.63, 3.8) is 0 Å². The maximum Gasteiger partial charge on any atom is 0.130 e. The Labute approximate surface area is 147 Å². The molecule has 3 N–H and O–H groups in total. The lowest BCUT2D eigenvalue weighted by molar-refractivity contribution is 0.419. The average Bonchev–Trinajstić information content (AvgIpc) is 2.57. The Kier molecular flexibility index (Phi) is 6.13. The summed E-state index contributed by atoms with van der Waals surface area (Å²) in [5.74, 6) is 3.38. The summed E-state index contributed by atoms with van der Waals surface area (Å²) >= 11 is 1.62. The first-order valence-corrected chi connectivity index (χ1v) is 8.72. The van der Waals surface area contributed by atoms with E-state index in [1.165, 1.54) is 0 Å². The van der Waals surface area contributed by atoms with Gasteiger partial charge in [0.2, 0.25) is 0 Å². The van der Waals surface area contributed by atoms with Crippen molar-refractivity contribution in [2.45, 2.75) is 32.2 Å². The highest BCUT2D eigenvalue weighted by Gasteiger charge is 2.11. The molecule has 1 unspecified atom stereocenters. The summed E-state index contributed by atoms with van der Waals surface area (Å²) in [4.78, 5) is 4.64. The summed E-state index contributed by atoms with van der Waals surface area (Å²) in [7, 11) is 1.63. The van der Waals surface area contributed by atoms with E-state index in [1.54, 1.807) is 18.9 Å². The van der Waals surface area contributed by atoms with E-state index < -0.39 is 0 Å². The van der Waals surface area contributed by atoms with E-state index >= 15 is 0 Å². The minimum Gasteiger partial charge on any atom is -0.496 e. The molecule has 0 radical (unpaired) electrons. The number of para-hydroxylation sites is 1. The molecule has 1 heterocycles. The Balaban J connectivity index is 2.40. The number of fused-ring (bicyclic) bond motifs is 1. The normalized spacial score (nSPS) is 13.1. The van der Waals surface area contributed by atoms with Gasteiger partial charge in [-0.3, -0.25) is 0 Å². The Bertz CT molecular complexity index is 793. The van der Waals surface area contributed by atoms with Gasteiger partial charge in [-0.05, 0) is 38.3 Å². The predicted octanol–water partition coefficient (Wildman–Crippen LogP) is 3.56. The van der Waals surface area contributed by atoms with Crippen LogP contribution >= 0.6 is 11.8 Å². The molecule has 0 aliphatic carbocycles. The van der Waals surface area contributed by atoms with Crippen LogP contribution in [0.25, 0.3) is 16.6 Å². The number of ether oxygens (including phenoxy) is 1. The van der Waals surface area contributed by atoms with Crippen molar-refractivity contribution < 1.29 is 4.74 Å². The number of benzene rings is 1. The lowest BCUT2D eigenvalue weighted by atomic mass is 10.1. The topological polar surface area (TPSA) is 60.2 Å². The van der Waals surface area contributed by atoms with Gasteiger partial charge in [0, 0.05) is 17.5 Å². The molecule has 0 amide bonds. The largest absolute Gasteiger partial charge is 0.496 e. The number of aromatic nitrogens is 1. The Morgan fingerprint density at radius 3 is 2.79 bits per heavy atom. The molecule has 24 heavy (non-hydrogen) atoms. The second-order valence-electron chi connectivity index (χ2n) is 5.73. The van der Waals surface area contributed by atoms with E-state index in [0.717, 1.165) is 16.5 Å². The zero-order valence-corrected chi connectivity index (χ0v) is 15.3. The molecular weight excluding hydrogens is 318 g/mol. The highest BCUT2D eigenvalue weighted by molar-refractivity contribution is 8.02. The predicted molar refractivity (Wildman–Crippen MR) is 104 cm³/mol. The van der Waals surface area contributed by atoms with Crippen LogP contribution < -0.4 is 15.8 Å². The molecule has 0 fully saturated rings. The van der Waals surface area contributed by atoms with Crippen molar-refractivity contribution in [3.05, 3.63) is 40.9 Å². The second-order valence-corrected chi connectivity index (χ2v) is 6.94.